The van der Waals surface area contributed by atoms with Gasteiger partial charge in [0.1, 0.15) is 0 Å². The molecule has 3 heterocycles. The summed E-state index contributed by atoms with van der Waals surface area (Å²) in [6, 6.07) is -0.0507. The van der Waals surface area contributed by atoms with Crippen molar-refractivity contribution in [3.05, 3.63) is 30.6 Å². The van der Waals surface area contributed by atoms with E-state index >= 15 is 0 Å². The summed E-state index contributed by atoms with van der Waals surface area (Å²) in [5.74, 6) is -0.191. The van der Waals surface area contributed by atoms with Gasteiger partial charge in [-0.2, -0.15) is 0 Å². The van der Waals surface area contributed by atoms with Crippen LogP contribution in [-0.4, -0.2) is 74.1 Å². The molecule has 0 radical (unpaired) electrons. The van der Waals surface area contributed by atoms with Crippen LogP contribution in [-0.2, 0) is 13.1 Å². The van der Waals surface area contributed by atoms with Crippen molar-refractivity contribution < 1.29 is 4.79 Å². The second-order valence-electron chi connectivity index (χ2n) is 8.11. The van der Waals surface area contributed by atoms with Crippen LogP contribution in [0, 0.1) is 5.41 Å². The van der Waals surface area contributed by atoms with Gasteiger partial charge in [-0.1, -0.05) is 26.0 Å². The summed E-state index contributed by atoms with van der Waals surface area (Å²) < 4.78 is 3.72. The van der Waals surface area contributed by atoms with Crippen molar-refractivity contribution in [3.8, 4) is 0 Å². The summed E-state index contributed by atoms with van der Waals surface area (Å²) in [4.78, 5) is 19.1. The molecule has 2 aromatic heterocycles. The third-order valence-electron chi connectivity index (χ3n) is 4.93. The van der Waals surface area contributed by atoms with E-state index < -0.39 is 0 Å². The molecular weight excluding hydrogens is 344 g/mol. The topological polar surface area (TPSA) is 92.9 Å². The first-order valence-electron chi connectivity index (χ1n) is 9.51. The molecule has 1 atom stereocenters. The smallest absolute Gasteiger partial charge is 0.273 e. The highest BCUT2D eigenvalue weighted by Gasteiger charge is 2.27. The van der Waals surface area contributed by atoms with Crippen LogP contribution in [0.3, 0.4) is 0 Å². The Morgan fingerprint density at radius 1 is 1.30 bits per heavy atom. The summed E-state index contributed by atoms with van der Waals surface area (Å²) in [6.07, 6.45) is 7.13. The number of piperazine rings is 1. The maximum atomic E-state index is 12.7. The first-order valence-corrected chi connectivity index (χ1v) is 9.51. The van der Waals surface area contributed by atoms with Gasteiger partial charge in [0.25, 0.3) is 5.91 Å². The Morgan fingerprint density at radius 3 is 2.74 bits per heavy atom. The Hall–Kier alpha value is -2.26. The number of hydrogen-bond donors (Lipinski definition) is 2. The van der Waals surface area contributed by atoms with Crippen LogP contribution in [0.4, 0.5) is 0 Å². The van der Waals surface area contributed by atoms with Gasteiger partial charge in [0.05, 0.1) is 25.1 Å². The van der Waals surface area contributed by atoms with Gasteiger partial charge < -0.3 is 15.2 Å². The van der Waals surface area contributed by atoms with Crippen molar-refractivity contribution in [2.24, 2.45) is 5.41 Å². The van der Waals surface area contributed by atoms with E-state index in [2.05, 4.69) is 51.6 Å². The highest BCUT2D eigenvalue weighted by atomic mass is 16.2. The molecule has 9 nitrogen and oxygen atoms in total. The Kier molecular flexibility index (Phi) is 6.22. The first kappa shape index (κ1) is 19.5. The van der Waals surface area contributed by atoms with Gasteiger partial charge in [-0.3, -0.25) is 14.4 Å². The maximum Gasteiger partial charge on any atom is 0.273 e. The molecule has 27 heavy (non-hydrogen) atoms. The third kappa shape index (κ3) is 5.61. The average Bonchev–Trinajstić information content (AvgIpc) is 3.31. The fraction of sp³-hybridized carbons (Fsp3) is 0.667. The standard InChI is InChI=1S/C18H30N8O/c1-18(2,3)16(13-25-9-6-20-14-25)21-17(27)15-12-26(23-22-15)11-10-24-7-4-19-5-8-24/h6,9,12,14,16,19H,4-5,7-8,10-11,13H2,1-3H3,(H,21,27). The van der Waals surface area contributed by atoms with Crippen molar-refractivity contribution in [3.63, 3.8) is 0 Å². The van der Waals surface area contributed by atoms with Crippen molar-refractivity contribution in [2.75, 3.05) is 32.7 Å². The largest absolute Gasteiger partial charge is 0.346 e. The highest BCUT2D eigenvalue weighted by Crippen LogP contribution is 2.21. The number of hydrogen-bond acceptors (Lipinski definition) is 6. The Balaban J connectivity index is 1.56. The zero-order chi connectivity index (χ0) is 19.3. The van der Waals surface area contributed by atoms with E-state index in [9.17, 15) is 4.79 Å². The molecule has 9 heteroatoms. The normalized spacial score (nSPS) is 17.0. The van der Waals surface area contributed by atoms with Gasteiger partial charge in [0.15, 0.2) is 5.69 Å². The number of aromatic nitrogens is 5. The molecule has 1 saturated heterocycles. The quantitative estimate of drug-likeness (QED) is 0.720. The first-order chi connectivity index (χ1) is 12.9. The summed E-state index contributed by atoms with van der Waals surface area (Å²) in [5.41, 5.74) is 0.258. The predicted molar refractivity (Wildman–Crippen MR) is 102 cm³/mol. The maximum absolute atomic E-state index is 12.7. The molecular formula is C18H30N8O. The van der Waals surface area contributed by atoms with E-state index in [0.717, 1.165) is 39.3 Å². The second-order valence-corrected chi connectivity index (χ2v) is 8.11. The van der Waals surface area contributed by atoms with Crippen LogP contribution in [0.25, 0.3) is 0 Å². The molecule has 2 N–H and O–H groups in total. The zero-order valence-electron chi connectivity index (χ0n) is 16.4. The van der Waals surface area contributed by atoms with Crippen LogP contribution in [0.5, 0.6) is 0 Å². The van der Waals surface area contributed by atoms with E-state index in [1.165, 1.54) is 0 Å². The molecule has 0 spiro atoms. The number of carbonyl (C=O) groups excluding carboxylic acids is 1. The van der Waals surface area contributed by atoms with E-state index in [0.29, 0.717) is 12.2 Å². The predicted octanol–water partition coefficient (Wildman–Crippen LogP) is 0.225. The summed E-state index contributed by atoms with van der Waals surface area (Å²) >= 11 is 0. The molecule has 0 saturated carbocycles. The lowest BCUT2D eigenvalue weighted by molar-refractivity contribution is 0.0887. The molecule has 0 bridgehead atoms. The lowest BCUT2D eigenvalue weighted by Gasteiger charge is -2.31. The van der Waals surface area contributed by atoms with E-state index in [4.69, 9.17) is 0 Å². The number of rotatable bonds is 7. The monoisotopic (exact) mass is 374 g/mol. The fourth-order valence-corrected chi connectivity index (χ4v) is 3.06. The third-order valence-corrected chi connectivity index (χ3v) is 4.93. The summed E-state index contributed by atoms with van der Waals surface area (Å²) in [6.45, 7) is 12.8. The lowest BCUT2D eigenvalue weighted by Crippen LogP contribution is -2.46. The number of nitrogens with one attached hydrogen (secondary N) is 2. The van der Waals surface area contributed by atoms with E-state index in [-0.39, 0.29) is 17.4 Å². The fourth-order valence-electron chi connectivity index (χ4n) is 3.06. The number of amides is 1. The number of nitrogens with zero attached hydrogens (tertiary/aromatic N) is 6. The Labute approximate surface area is 160 Å². The Bertz CT molecular complexity index is 712. The average molecular weight is 374 g/mol. The van der Waals surface area contributed by atoms with Crippen LogP contribution in [0.1, 0.15) is 31.3 Å². The molecule has 0 aromatic carbocycles. The van der Waals surface area contributed by atoms with Gasteiger partial charge in [-0.15, -0.1) is 5.10 Å². The van der Waals surface area contributed by atoms with Crippen molar-refractivity contribution >= 4 is 5.91 Å². The molecule has 1 fully saturated rings. The van der Waals surface area contributed by atoms with Crippen molar-refractivity contribution in [2.45, 2.75) is 39.9 Å². The number of carbonyl (C=O) groups is 1. The van der Waals surface area contributed by atoms with Crippen LogP contribution < -0.4 is 10.6 Å². The lowest BCUT2D eigenvalue weighted by atomic mass is 9.86. The molecule has 1 aliphatic heterocycles. The summed E-state index contributed by atoms with van der Waals surface area (Å²) in [7, 11) is 0. The van der Waals surface area contributed by atoms with Crippen LogP contribution >= 0.6 is 0 Å². The number of imidazole rings is 1. The van der Waals surface area contributed by atoms with Crippen molar-refractivity contribution in [1.29, 1.82) is 0 Å². The molecule has 1 amide bonds. The summed E-state index contributed by atoms with van der Waals surface area (Å²) in [5, 5.41) is 14.6. The SMILES string of the molecule is CC(C)(C)C(Cn1ccnc1)NC(=O)c1cn(CCN2CCNCC2)nn1. The molecule has 148 valence electrons. The zero-order valence-corrected chi connectivity index (χ0v) is 16.4. The molecule has 2 aromatic rings. The molecule has 1 aliphatic rings. The van der Waals surface area contributed by atoms with Gasteiger partial charge in [-0.25, -0.2) is 4.98 Å². The molecule has 3 rings (SSSR count). The minimum Gasteiger partial charge on any atom is -0.346 e. The van der Waals surface area contributed by atoms with E-state index in [1.807, 2.05) is 10.8 Å². The van der Waals surface area contributed by atoms with Crippen molar-refractivity contribution in [1.82, 2.24) is 40.1 Å². The van der Waals surface area contributed by atoms with Gasteiger partial charge in [-0.05, 0) is 5.41 Å². The molecule has 1 unspecified atom stereocenters. The Morgan fingerprint density at radius 2 is 2.07 bits per heavy atom. The van der Waals surface area contributed by atoms with Gasteiger partial charge in [0.2, 0.25) is 0 Å². The van der Waals surface area contributed by atoms with E-state index in [1.54, 1.807) is 23.4 Å². The minimum absolute atomic E-state index is 0.0507. The van der Waals surface area contributed by atoms with Crippen LogP contribution in [0.2, 0.25) is 0 Å². The van der Waals surface area contributed by atoms with Crippen LogP contribution in [0.15, 0.2) is 24.9 Å². The minimum atomic E-state index is -0.191. The molecule has 0 aliphatic carbocycles. The second kappa shape index (κ2) is 8.62. The van der Waals surface area contributed by atoms with Gasteiger partial charge >= 0.3 is 0 Å². The van der Waals surface area contributed by atoms with Gasteiger partial charge in [0, 0.05) is 51.7 Å². The highest BCUT2D eigenvalue weighted by molar-refractivity contribution is 5.92.